The smallest absolute Gasteiger partial charge is 0.457 e. The fraction of sp³-hybridized carbons (Fsp3) is 0.174. The fourth-order valence-corrected chi connectivity index (χ4v) is 3.37. The summed E-state index contributed by atoms with van der Waals surface area (Å²) in [5.74, 6) is 1.28. The van der Waals surface area contributed by atoms with Gasteiger partial charge in [-0.3, -0.25) is 4.79 Å². The van der Waals surface area contributed by atoms with Crippen LogP contribution in [0.1, 0.15) is 22.8 Å². The summed E-state index contributed by atoms with van der Waals surface area (Å²) in [6, 6.07) is 12.4. The second kappa shape index (κ2) is 8.85. The van der Waals surface area contributed by atoms with Crippen molar-refractivity contribution in [3.05, 3.63) is 59.8 Å². The molecule has 2 aromatic carbocycles. The Morgan fingerprint density at radius 3 is 2.61 bits per heavy atom. The summed E-state index contributed by atoms with van der Waals surface area (Å²) in [6.45, 7) is 2.04. The zero-order chi connectivity index (χ0) is 21.8. The van der Waals surface area contributed by atoms with Crippen LogP contribution in [-0.2, 0) is 16.1 Å². The van der Waals surface area contributed by atoms with Gasteiger partial charge in [0.1, 0.15) is 17.8 Å². The van der Waals surface area contributed by atoms with Gasteiger partial charge in [0.25, 0.3) is 0 Å². The molecule has 2 heterocycles. The Morgan fingerprint density at radius 1 is 1.10 bits per heavy atom. The Kier molecular flexibility index (Phi) is 5.81. The summed E-state index contributed by atoms with van der Waals surface area (Å²) in [7, 11) is 1.55. The molecular formula is C23H20N2O6. The topological polar surface area (TPSA) is 99.7 Å². The first-order valence-electron chi connectivity index (χ1n) is 9.63. The number of hydrogen-bond donors (Lipinski definition) is 1. The molecule has 0 aliphatic rings. The molecule has 0 radical (unpaired) electrons. The maximum absolute atomic E-state index is 11.9. The lowest BCUT2D eigenvalue weighted by molar-refractivity contribution is 0.101. The van der Waals surface area contributed by atoms with E-state index in [1.54, 1.807) is 44.5 Å². The van der Waals surface area contributed by atoms with Crippen molar-refractivity contribution in [3.63, 3.8) is 0 Å². The molecular weight excluding hydrogens is 400 g/mol. The van der Waals surface area contributed by atoms with E-state index >= 15 is 0 Å². The van der Waals surface area contributed by atoms with E-state index in [1.165, 1.54) is 0 Å². The van der Waals surface area contributed by atoms with Crippen LogP contribution in [0.25, 0.3) is 21.8 Å². The van der Waals surface area contributed by atoms with Gasteiger partial charge in [0.15, 0.2) is 0 Å². The van der Waals surface area contributed by atoms with Gasteiger partial charge in [-0.1, -0.05) is 6.07 Å². The first-order valence-corrected chi connectivity index (χ1v) is 9.63. The molecule has 0 bridgehead atoms. The minimum absolute atomic E-state index is 0.110. The standard InChI is InChI=1S/C23H20N2O6/c1-3-29-23(27)31-22-16(13-28-2)20-18(11-24-22)25-17-5-4-6-19(21(17)20)30-15-9-7-14(12-26)8-10-15/h4-12,25H,3,13H2,1-2H3. The minimum Gasteiger partial charge on any atom is -0.457 e. The van der Waals surface area contributed by atoms with Crippen molar-refractivity contribution < 1.29 is 28.5 Å². The molecule has 31 heavy (non-hydrogen) atoms. The molecule has 0 amide bonds. The molecule has 0 fully saturated rings. The van der Waals surface area contributed by atoms with E-state index in [1.807, 2.05) is 18.2 Å². The lowest BCUT2D eigenvalue weighted by Crippen LogP contribution is -2.12. The molecule has 158 valence electrons. The van der Waals surface area contributed by atoms with E-state index in [-0.39, 0.29) is 19.1 Å². The van der Waals surface area contributed by atoms with Gasteiger partial charge in [-0.2, -0.15) is 0 Å². The summed E-state index contributed by atoms with van der Waals surface area (Å²) < 4.78 is 21.7. The predicted molar refractivity (Wildman–Crippen MR) is 114 cm³/mol. The Labute approximate surface area is 177 Å². The third-order valence-electron chi connectivity index (χ3n) is 4.66. The van der Waals surface area contributed by atoms with Crippen molar-refractivity contribution in [1.82, 2.24) is 9.97 Å². The molecule has 0 spiro atoms. The van der Waals surface area contributed by atoms with E-state index < -0.39 is 6.16 Å². The molecule has 4 rings (SSSR count). The van der Waals surface area contributed by atoms with Crippen LogP contribution in [-0.4, -0.2) is 36.1 Å². The molecule has 8 nitrogen and oxygen atoms in total. The third kappa shape index (κ3) is 4.06. The van der Waals surface area contributed by atoms with Gasteiger partial charge >= 0.3 is 6.16 Å². The molecule has 0 aliphatic heterocycles. The third-order valence-corrected chi connectivity index (χ3v) is 4.66. The van der Waals surface area contributed by atoms with Gasteiger partial charge in [-0.05, 0) is 43.3 Å². The highest BCUT2D eigenvalue weighted by Crippen LogP contribution is 2.39. The number of ether oxygens (including phenoxy) is 4. The van der Waals surface area contributed by atoms with Crippen molar-refractivity contribution in [2.75, 3.05) is 13.7 Å². The number of carbonyl (C=O) groups excluding carboxylic acids is 2. The predicted octanol–water partition coefficient (Wildman–Crippen LogP) is 5.00. The maximum atomic E-state index is 11.9. The van der Waals surface area contributed by atoms with E-state index in [0.29, 0.717) is 22.6 Å². The Balaban J connectivity index is 1.86. The number of pyridine rings is 1. The van der Waals surface area contributed by atoms with Crippen LogP contribution in [0.3, 0.4) is 0 Å². The van der Waals surface area contributed by atoms with Crippen LogP contribution < -0.4 is 9.47 Å². The average molecular weight is 420 g/mol. The van der Waals surface area contributed by atoms with E-state index in [9.17, 15) is 9.59 Å². The van der Waals surface area contributed by atoms with E-state index in [0.717, 1.165) is 28.1 Å². The first kappa shape index (κ1) is 20.4. The van der Waals surface area contributed by atoms with Crippen LogP contribution in [0, 0.1) is 0 Å². The molecule has 1 N–H and O–H groups in total. The van der Waals surface area contributed by atoms with Crippen molar-refractivity contribution in [3.8, 4) is 17.4 Å². The number of aldehydes is 1. The highest BCUT2D eigenvalue weighted by atomic mass is 16.7. The number of hydrogen-bond acceptors (Lipinski definition) is 7. The SMILES string of the molecule is CCOC(=O)Oc1ncc2[nH]c3cccc(Oc4ccc(C=O)cc4)c3c2c1COC. The molecule has 0 saturated heterocycles. The summed E-state index contributed by atoms with van der Waals surface area (Å²) in [5, 5.41) is 1.56. The number of carbonyl (C=O) groups is 2. The monoisotopic (exact) mass is 420 g/mol. The van der Waals surface area contributed by atoms with Crippen LogP contribution in [0.4, 0.5) is 4.79 Å². The van der Waals surface area contributed by atoms with Gasteiger partial charge in [-0.25, -0.2) is 9.78 Å². The Morgan fingerprint density at radius 2 is 1.90 bits per heavy atom. The summed E-state index contributed by atoms with van der Waals surface area (Å²) >= 11 is 0. The second-order valence-electron chi connectivity index (χ2n) is 6.64. The van der Waals surface area contributed by atoms with Crippen LogP contribution in [0.5, 0.6) is 17.4 Å². The average Bonchev–Trinajstić information content (AvgIpc) is 3.16. The molecule has 2 aromatic heterocycles. The van der Waals surface area contributed by atoms with Crippen LogP contribution in [0.15, 0.2) is 48.7 Å². The highest BCUT2D eigenvalue weighted by Gasteiger charge is 2.20. The van der Waals surface area contributed by atoms with Crippen LogP contribution in [0.2, 0.25) is 0 Å². The molecule has 4 aromatic rings. The number of rotatable bonds is 7. The number of H-pyrrole nitrogens is 1. The zero-order valence-electron chi connectivity index (χ0n) is 17.0. The summed E-state index contributed by atoms with van der Waals surface area (Å²) in [6.07, 6.45) is 1.53. The number of fused-ring (bicyclic) bond motifs is 3. The summed E-state index contributed by atoms with van der Waals surface area (Å²) in [5.41, 5.74) is 2.72. The van der Waals surface area contributed by atoms with Crippen molar-refractivity contribution in [2.45, 2.75) is 13.5 Å². The number of benzene rings is 2. The van der Waals surface area contributed by atoms with Gasteiger partial charge in [-0.15, -0.1) is 0 Å². The molecule has 0 aliphatic carbocycles. The molecule has 0 unspecified atom stereocenters. The van der Waals surface area contributed by atoms with Gasteiger partial charge in [0.05, 0.1) is 41.4 Å². The normalized spacial score (nSPS) is 10.9. The van der Waals surface area contributed by atoms with Crippen LogP contribution >= 0.6 is 0 Å². The highest BCUT2D eigenvalue weighted by molar-refractivity contribution is 6.12. The fourth-order valence-electron chi connectivity index (χ4n) is 3.37. The minimum atomic E-state index is -0.835. The van der Waals surface area contributed by atoms with Crippen molar-refractivity contribution in [1.29, 1.82) is 0 Å². The summed E-state index contributed by atoms with van der Waals surface area (Å²) in [4.78, 5) is 30.4. The van der Waals surface area contributed by atoms with Gasteiger partial charge in [0, 0.05) is 18.1 Å². The van der Waals surface area contributed by atoms with E-state index in [2.05, 4.69) is 9.97 Å². The number of nitrogens with one attached hydrogen (secondary N) is 1. The van der Waals surface area contributed by atoms with Crippen molar-refractivity contribution in [2.24, 2.45) is 0 Å². The first-order chi connectivity index (χ1) is 15.1. The quantitative estimate of drug-likeness (QED) is 0.332. The number of methoxy groups -OCH3 is 1. The number of aromatic nitrogens is 2. The largest absolute Gasteiger partial charge is 0.515 e. The number of nitrogens with zero attached hydrogens (tertiary/aromatic N) is 1. The van der Waals surface area contributed by atoms with E-state index in [4.69, 9.17) is 18.9 Å². The lowest BCUT2D eigenvalue weighted by atomic mass is 10.1. The number of aromatic amines is 1. The zero-order valence-corrected chi connectivity index (χ0v) is 17.0. The maximum Gasteiger partial charge on any atom is 0.515 e. The molecule has 8 heteroatoms. The van der Waals surface area contributed by atoms with Crippen molar-refractivity contribution >= 4 is 34.2 Å². The molecule has 0 saturated carbocycles. The lowest BCUT2D eigenvalue weighted by Gasteiger charge is -2.11. The Bertz CT molecular complexity index is 1250. The second-order valence-corrected chi connectivity index (χ2v) is 6.64. The van der Waals surface area contributed by atoms with Gasteiger partial charge in [0.2, 0.25) is 5.88 Å². The molecule has 0 atom stereocenters. The Hall–Kier alpha value is -3.91. The van der Waals surface area contributed by atoms with Gasteiger partial charge < -0.3 is 23.9 Å².